The van der Waals surface area contributed by atoms with Crippen LogP contribution >= 0.6 is 27.3 Å². The van der Waals surface area contributed by atoms with Crippen molar-refractivity contribution < 1.29 is 23.9 Å². The number of ketones is 1. The summed E-state index contributed by atoms with van der Waals surface area (Å²) < 4.78 is 11.8. The number of hydrogen-bond acceptors (Lipinski definition) is 6. The molecule has 2 aliphatic rings. The predicted molar refractivity (Wildman–Crippen MR) is 125 cm³/mol. The molecule has 1 aromatic heterocycles. The molecule has 2 saturated heterocycles. The maximum absolute atomic E-state index is 13.3. The van der Waals surface area contributed by atoms with Crippen molar-refractivity contribution in [1.29, 1.82) is 0 Å². The molecule has 1 N–H and O–H groups in total. The van der Waals surface area contributed by atoms with Gasteiger partial charge in [-0.05, 0) is 52.2 Å². The van der Waals surface area contributed by atoms with Gasteiger partial charge in [-0.2, -0.15) is 0 Å². The molecule has 0 unspecified atom stereocenters. The maximum Gasteiger partial charge on any atom is 0.262 e. The van der Waals surface area contributed by atoms with Crippen LogP contribution in [0.25, 0.3) is 0 Å². The third-order valence-corrected chi connectivity index (χ3v) is 7.46. The van der Waals surface area contributed by atoms with Crippen molar-refractivity contribution in [3.05, 3.63) is 50.1 Å². The van der Waals surface area contributed by atoms with Crippen LogP contribution in [0.4, 0.5) is 5.69 Å². The monoisotopic (exact) mass is 520 g/mol. The Morgan fingerprint density at radius 2 is 2.03 bits per heavy atom. The van der Waals surface area contributed by atoms with Crippen LogP contribution in [-0.4, -0.2) is 56.1 Å². The number of rotatable bonds is 6. The zero-order valence-electron chi connectivity index (χ0n) is 17.8. The largest absolute Gasteiger partial charge is 0.379 e. The molecule has 0 saturated carbocycles. The van der Waals surface area contributed by atoms with E-state index in [1.165, 1.54) is 11.3 Å². The van der Waals surface area contributed by atoms with Crippen LogP contribution in [0.1, 0.15) is 33.6 Å². The van der Waals surface area contributed by atoms with E-state index in [2.05, 4.69) is 21.2 Å². The Balaban J connectivity index is 1.49. The number of hydrogen-bond donors (Lipinski definition) is 1. The van der Waals surface area contributed by atoms with Crippen molar-refractivity contribution in [1.82, 2.24) is 5.32 Å². The molecule has 3 heterocycles. The van der Waals surface area contributed by atoms with Crippen LogP contribution in [0, 0.1) is 6.92 Å². The summed E-state index contributed by atoms with van der Waals surface area (Å²) in [4.78, 5) is 40.8. The second-order valence-corrected chi connectivity index (χ2v) is 10.5. The van der Waals surface area contributed by atoms with E-state index < -0.39 is 5.54 Å². The van der Waals surface area contributed by atoms with Crippen molar-refractivity contribution in [2.24, 2.45) is 0 Å². The molecule has 0 spiro atoms. The number of Topliss-reactive ketones (excluding diaryl/α,β-unsaturated/α-hetero) is 1. The molecule has 32 heavy (non-hydrogen) atoms. The molecule has 0 bridgehead atoms. The predicted octanol–water partition coefficient (Wildman–Crippen LogP) is 3.27. The van der Waals surface area contributed by atoms with Crippen LogP contribution < -0.4 is 10.2 Å². The zero-order chi connectivity index (χ0) is 22.7. The first-order valence-corrected chi connectivity index (χ1v) is 12.2. The van der Waals surface area contributed by atoms with Gasteiger partial charge >= 0.3 is 0 Å². The van der Waals surface area contributed by atoms with Crippen molar-refractivity contribution in [2.75, 3.05) is 37.9 Å². The number of halogens is 1. The number of nitrogens with zero attached hydrogens (tertiary/aromatic N) is 1. The molecule has 1 aromatic carbocycles. The van der Waals surface area contributed by atoms with Gasteiger partial charge in [-0.25, -0.2) is 0 Å². The van der Waals surface area contributed by atoms with Gasteiger partial charge in [0.2, 0.25) is 5.91 Å². The Morgan fingerprint density at radius 1 is 1.19 bits per heavy atom. The summed E-state index contributed by atoms with van der Waals surface area (Å²) in [6.07, 6.45) is 0.988. The van der Waals surface area contributed by atoms with E-state index in [0.717, 1.165) is 20.6 Å². The summed E-state index contributed by atoms with van der Waals surface area (Å²) in [5, 5.41) is 2.94. The Bertz CT molecular complexity index is 1030. The Morgan fingerprint density at radius 3 is 2.72 bits per heavy atom. The Kier molecular flexibility index (Phi) is 7.09. The second-order valence-electron chi connectivity index (χ2n) is 8.07. The summed E-state index contributed by atoms with van der Waals surface area (Å²) in [5.74, 6) is -0.308. The lowest BCUT2D eigenvalue weighted by Gasteiger charge is -2.27. The normalized spacial score (nSPS) is 21.4. The molecule has 2 amide bonds. The van der Waals surface area contributed by atoms with Gasteiger partial charge in [-0.1, -0.05) is 12.1 Å². The van der Waals surface area contributed by atoms with Crippen molar-refractivity contribution >= 4 is 50.6 Å². The van der Waals surface area contributed by atoms with Crippen molar-refractivity contribution in [3.8, 4) is 0 Å². The molecule has 2 aromatic rings. The van der Waals surface area contributed by atoms with Crippen molar-refractivity contribution in [2.45, 2.75) is 31.7 Å². The first-order valence-electron chi connectivity index (χ1n) is 10.5. The van der Waals surface area contributed by atoms with E-state index >= 15 is 0 Å². The minimum absolute atomic E-state index is 0.0411. The van der Waals surface area contributed by atoms with Crippen LogP contribution in [0.2, 0.25) is 0 Å². The first-order chi connectivity index (χ1) is 15.4. The second kappa shape index (κ2) is 9.82. The summed E-state index contributed by atoms with van der Waals surface area (Å²) in [5.41, 5.74) is 1.58. The number of carbonyl (C=O) groups excluding carboxylic acids is 3. The minimum Gasteiger partial charge on any atom is -0.379 e. The molecule has 7 nitrogen and oxygen atoms in total. The quantitative estimate of drug-likeness (QED) is 0.631. The fourth-order valence-corrected chi connectivity index (χ4v) is 5.37. The number of carbonyl (C=O) groups is 3. The van der Waals surface area contributed by atoms with Gasteiger partial charge in [0.1, 0.15) is 5.54 Å². The molecular formula is C23H25BrN2O5S. The van der Waals surface area contributed by atoms with E-state index in [0.29, 0.717) is 44.1 Å². The highest BCUT2D eigenvalue weighted by atomic mass is 79.9. The molecule has 2 fully saturated rings. The first kappa shape index (κ1) is 23.1. The number of anilines is 1. The van der Waals surface area contributed by atoms with Crippen LogP contribution in [0.15, 0.2) is 34.1 Å². The van der Waals surface area contributed by atoms with Crippen LogP contribution in [-0.2, 0) is 25.5 Å². The molecule has 1 atom stereocenters. The molecule has 4 rings (SSSR count). The van der Waals surface area contributed by atoms with Gasteiger partial charge in [0.05, 0.1) is 34.9 Å². The molecule has 9 heteroatoms. The Labute approximate surface area is 199 Å². The van der Waals surface area contributed by atoms with Gasteiger partial charge in [0.25, 0.3) is 5.91 Å². The van der Waals surface area contributed by atoms with Gasteiger partial charge in [-0.15, -0.1) is 11.3 Å². The number of benzene rings is 1. The average Bonchev–Trinajstić information content (AvgIpc) is 3.36. The van der Waals surface area contributed by atoms with Crippen LogP contribution in [0.5, 0.6) is 0 Å². The standard InChI is InChI=1S/C23H25BrN2O5S/c1-15-12-16(2-3-17(15)26-8-11-30-9-6-21(26)28)13-19(27)23(7-10-31-14-23)25-22(29)18-4-5-20(24)32-18/h2-5,12H,6-11,13-14H2,1H3,(H,25,29)/t23-/m0/s1. The topological polar surface area (TPSA) is 84.9 Å². The summed E-state index contributed by atoms with van der Waals surface area (Å²) in [6, 6.07) is 9.25. The fourth-order valence-electron chi connectivity index (χ4n) is 4.09. The molecular weight excluding hydrogens is 496 g/mol. The third-order valence-electron chi connectivity index (χ3n) is 5.84. The summed E-state index contributed by atoms with van der Waals surface area (Å²) in [6.45, 7) is 4.00. The number of thiophene rings is 1. The van der Waals surface area contributed by atoms with E-state index in [-0.39, 0.29) is 30.6 Å². The summed E-state index contributed by atoms with van der Waals surface area (Å²) >= 11 is 4.69. The number of aryl methyl sites for hydroxylation is 1. The highest BCUT2D eigenvalue weighted by Gasteiger charge is 2.43. The lowest BCUT2D eigenvalue weighted by molar-refractivity contribution is -0.124. The molecule has 170 valence electrons. The SMILES string of the molecule is Cc1cc(CC(=O)[C@]2(NC(=O)c3ccc(Br)s3)CCOC2)ccc1N1CCOCCC1=O. The van der Waals surface area contributed by atoms with Crippen LogP contribution in [0.3, 0.4) is 0 Å². The Hall–Kier alpha value is -2.07. The highest BCUT2D eigenvalue weighted by molar-refractivity contribution is 9.11. The number of amides is 2. The van der Waals surface area contributed by atoms with Gasteiger partial charge in [0.15, 0.2) is 5.78 Å². The maximum atomic E-state index is 13.3. The summed E-state index contributed by atoms with van der Waals surface area (Å²) in [7, 11) is 0. The average molecular weight is 521 g/mol. The minimum atomic E-state index is -1.03. The van der Waals surface area contributed by atoms with E-state index in [1.54, 1.807) is 11.0 Å². The van der Waals surface area contributed by atoms with Gasteiger partial charge in [0, 0.05) is 31.7 Å². The smallest absolute Gasteiger partial charge is 0.262 e. The lowest BCUT2D eigenvalue weighted by atomic mass is 9.88. The lowest BCUT2D eigenvalue weighted by Crippen LogP contribution is -2.55. The van der Waals surface area contributed by atoms with Crippen molar-refractivity contribution in [3.63, 3.8) is 0 Å². The zero-order valence-corrected chi connectivity index (χ0v) is 20.2. The van der Waals surface area contributed by atoms with E-state index in [9.17, 15) is 14.4 Å². The number of nitrogens with one attached hydrogen (secondary N) is 1. The van der Waals surface area contributed by atoms with Gasteiger partial charge in [-0.3, -0.25) is 14.4 Å². The van der Waals surface area contributed by atoms with E-state index in [4.69, 9.17) is 9.47 Å². The highest BCUT2D eigenvalue weighted by Crippen LogP contribution is 2.28. The van der Waals surface area contributed by atoms with Gasteiger partial charge < -0.3 is 19.7 Å². The third kappa shape index (κ3) is 4.96. The molecule has 2 aliphatic heterocycles. The molecule has 0 aliphatic carbocycles. The molecule has 0 radical (unpaired) electrons. The number of ether oxygens (including phenoxy) is 2. The fraction of sp³-hybridized carbons (Fsp3) is 0.435. The van der Waals surface area contributed by atoms with E-state index in [1.807, 2.05) is 31.2 Å².